The lowest BCUT2D eigenvalue weighted by atomic mass is 10.1. The molecule has 1 aliphatic rings. The molecule has 3 aromatic carbocycles. The highest BCUT2D eigenvalue weighted by molar-refractivity contribution is 6.06. The van der Waals surface area contributed by atoms with Crippen molar-refractivity contribution in [2.75, 3.05) is 0 Å². The number of hydrazone groups is 2. The summed E-state index contributed by atoms with van der Waals surface area (Å²) >= 11 is 0. The Balaban J connectivity index is 1.36. The number of nitrogens with one attached hydrogen (secondary N) is 2. The summed E-state index contributed by atoms with van der Waals surface area (Å²) in [5, 5.41) is 25.7. The first kappa shape index (κ1) is 17.6. The largest absolute Gasteiger partial charge is 0.257 e. The molecule has 0 radical (unpaired) electrons. The van der Waals surface area contributed by atoms with Crippen LogP contribution in [0, 0.1) is 0 Å². The van der Waals surface area contributed by atoms with Gasteiger partial charge >= 0.3 is 0 Å². The Hall–Kier alpha value is -4.46. The van der Waals surface area contributed by atoms with Gasteiger partial charge in [-0.3, -0.25) is 10.9 Å². The molecule has 2 heterocycles. The van der Waals surface area contributed by atoms with E-state index in [9.17, 15) is 0 Å². The normalized spacial score (nSPS) is 12.9. The number of hydrogen-bond donors (Lipinski definition) is 2. The van der Waals surface area contributed by atoms with E-state index in [1.807, 2.05) is 84.9 Å². The molecular formula is C22H16N8. The third-order valence-electron chi connectivity index (χ3n) is 4.50. The van der Waals surface area contributed by atoms with Crippen LogP contribution in [-0.2, 0) is 0 Å². The first-order valence-electron chi connectivity index (χ1n) is 9.33. The van der Waals surface area contributed by atoms with Crippen LogP contribution in [0.1, 0.15) is 11.1 Å². The van der Waals surface area contributed by atoms with E-state index in [0.29, 0.717) is 23.3 Å². The van der Waals surface area contributed by atoms with E-state index in [0.717, 1.165) is 22.3 Å². The van der Waals surface area contributed by atoms with Gasteiger partial charge in [0.25, 0.3) is 0 Å². The van der Waals surface area contributed by atoms with Gasteiger partial charge in [-0.15, -0.1) is 20.4 Å². The highest BCUT2D eigenvalue weighted by atomic mass is 15.5. The van der Waals surface area contributed by atoms with Crippen LogP contribution in [0.2, 0.25) is 0 Å². The quantitative estimate of drug-likeness (QED) is 0.554. The minimum atomic E-state index is 0.439. The maximum Gasteiger partial charge on any atom is 0.203 e. The highest BCUT2D eigenvalue weighted by Crippen LogP contribution is 2.18. The van der Waals surface area contributed by atoms with Gasteiger partial charge in [0.1, 0.15) is 0 Å². The number of amidine groups is 2. The van der Waals surface area contributed by atoms with E-state index in [1.54, 1.807) is 0 Å². The number of rotatable bonds is 4. The van der Waals surface area contributed by atoms with Crippen molar-refractivity contribution >= 4 is 11.7 Å². The summed E-state index contributed by atoms with van der Waals surface area (Å²) in [6.07, 6.45) is 0. The number of aromatic nitrogens is 4. The Labute approximate surface area is 172 Å². The van der Waals surface area contributed by atoms with Crippen LogP contribution in [0.5, 0.6) is 0 Å². The Bertz CT molecular complexity index is 1220. The molecule has 8 heteroatoms. The van der Waals surface area contributed by atoms with Crippen LogP contribution in [0.4, 0.5) is 0 Å². The molecule has 1 aromatic heterocycles. The van der Waals surface area contributed by atoms with Gasteiger partial charge in [-0.25, -0.2) is 0 Å². The molecule has 0 aliphatic carbocycles. The molecule has 0 amide bonds. The molecule has 5 rings (SSSR count). The maximum absolute atomic E-state index is 4.40. The predicted molar refractivity (Wildman–Crippen MR) is 114 cm³/mol. The zero-order chi connectivity index (χ0) is 20.2. The molecule has 30 heavy (non-hydrogen) atoms. The van der Waals surface area contributed by atoms with Crippen LogP contribution < -0.4 is 10.9 Å². The zero-order valence-electron chi connectivity index (χ0n) is 15.8. The number of benzene rings is 3. The zero-order valence-corrected chi connectivity index (χ0v) is 15.8. The second-order valence-corrected chi connectivity index (χ2v) is 6.50. The van der Waals surface area contributed by atoms with Crippen LogP contribution in [-0.4, -0.2) is 32.1 Å². The van der Waals surface area contributed by atoms with E-state index >= 15 is 0 Å². The molecule has 0 fully saturated rings. The first-order chi connectivity index (χ1) is 14.9. The molecule has 2 N–H and O–H groups in total. The maximum atomic E-state index is 4.40. The summed E-state index contributed by atoms with van der Waals surface area (Å²) in [7, 11) is 0. The molecule has 0 saturated heterocycles. The van der Waals surface area contributed by atoms with Crippen molar-refractivity contribution in [2.45, 2.75) is 0 Å². The second-order valence-electron chi connectivity index (χ2n) is 6.50. The van der Waals surface area contributed by atoms with E-state index < -0.39 is 0 Å². The summed E-state index contributed by atoms with van der Waals surface area (Å²) < 4.78 is 0. The minimum absolute atomic E-state index is 0.439. The van der Waals surface area contributed by atoms with Gasteiger partial charge in [-0.05, 0) is 6.07 Å². The fourth-order valence-electron chi connectivity index (χ4n) is 2.98. The molecule has 144 valence electrons. The SMILES string of the molecule is c1ccc(C2=NNC(c3cccc(-c4nnc(-c5ccccc5)nn4)c3)=NN2)cc1. The number of hydrogen-bond acceptors (Lipinski definition) is 8. The second kappa shape index (κ2) is 7.88. The summed E-state index contributed by atoms with van der Waals surface area (Å²) in [5.74, 6) is 2.18. The van der Waals surface area contributed by atoms with Crippen molar-refractivity contribution in [3.05, 3.63) is 96.1 Å². The predicted octanol–water partition coefficient (Wildman–Crippen LogP) is 2.82. The Kier molecular flexibility index (Phi) is 4.63. The minimum Gasteiger partial charge on any atom is -0.257 e. The van der Waals surface area contributed by atoms with E-state index in [1.165, 1.54) is 0 Å². The summed E-state index contributed by atoms with van der Waals surface area (Å²) in [6.45, 7) is 0. The third kappa shape index (κ3) is 3.61. The van der Waals surface area contributed by atoms with Crippen molar-refractivity contribution in [1.29, 1.82) is 0 Å². The van der Waals surface area contributed by atoms with Gasteiger partial charge in [0.05, 0.1) is 0 Å². The molecule has 8 nitrogen and oxygen atoms in total. The molecule has 4 aromatic rings. The van der Waals surface area contributed by atoms with E-state index in [2.05, 4.69) is 41.4 Å². The summed E-state index contributed by atoms with van der Waals surface area (Å²) in [5.41, 5.74) is 9.43. The van der Waals surface area contributed by atoms with Crippen LogP contribution >= 0.6 is 0 Å². The lowest BCUT2D eigenvalue weighted by Gasteiger charge is -2.15. The molecular weight excluding hydrogens is 376 g/mol. The average Bonchev–Trinajstić information content (AvgIpc) is 2.85. The van der Waals surface area contributed by atoms with Crippen molar-refractivity contribution in [2.24, 2.45) is 10.2 Å². The van der Waals surface area contributed by atoms with Crippen LogP contribution in [0.3, 0.4) is 0 Å². The van der Waals surface area contributed by atoms with Gasteiger partial charge in [0.2, 0.25) is 11.6 Å². The van der Waals surface area contributed by atoms with E-state index in [4.69, 9.17) is 0 Å². The Morgan fingerprint density at radius 2 is 0.900 bits per heavy atom. The Morgan fingerprint density at radius 1 is 0.433 bits per heavy atom. The standard InChI is InChI=1S/C22H16N8/c1-3-8-15(9-4-1)19-23-27-21(28-24-19)17-12-7-13-18(14-17)22-29-25-20(26-30-22)16-10-5-2-6-11-16/h1-14H,(H,23,24)(H,27,28). The average molecular weight is 392 g/mol. The monoisotopic (exact) mass is 392 g/mol. The van der Waals surface area contributed by atoms with Gasteiger partial charge in [0.15, 0.2) is 11.7 Å². The van der Waals surface area contributed by atoms with Crippen LogP contribution in [0.15, 0.2) is 95.1 Å². The van der Waals surface area contributed by atoms with E-state index in [-0.39, 0.29) is 0 Å². The van der Waals surface area contributed by atoms with Crippen molar-refractivity contribution < 1.29 is 0 Å². The molecule has 0 spiro atoms. The number of nitrogens with zero attached hydrogens (tertiary/aromatic N) is 6. The van der Waals surface area contributed by atoms with Crippen molar-refractivity contribution in [3.63, 3.8) is 0 Å². The van der Waals surface area contributed by atoms with Gasteiger partial charge < -0.3 is 0 Å². The van der Waals surface area contributed by atoms with Crippen molar-refractivity contribution in [3.8, 4) is 22.8 Å². The summed E-state index contributed by atoms with van der Waals surface area (Å²) in [6, 6.07) is 27.1. The lowest BCUT2D eigenvalue weighted by molar-refractivity contribution is 0.874. The van der Waals surface area contributed by atoms with Gasteiger partial charge in [0, 0.05) is 22.3 Å². The molecule has 0 unspecified atom stereocenters. The van der Waals surface area contributed by atoms with Crippen LogP contribution in [0.25, 0.3) is 22.8 Å². The van der Waals surface area contributed by atoms with Gasteiger partial charge in [-0.2, -0.15) is 10.2 Å². The highest BCUT2D eigenvalue weighted by Gasteiger charge is 2.13. The molecule has 0 saturated carbocycles. The fourth-order valence-corrected chi connectivity index (χ4v) is 2.98. The molecule has 1 aliphatic heterocycles. The Morgan fingerprint density at radius 3 is 1.50 bits per heavy atom. The topological polar surface area (TPSA) is 100 Å². The van der Waals surface area contributed by atoms with Crippen molar-refractivity contribution in [1.82, 2.24) is 31.2 Å². The smallest absolute Gasteiger partial charge is 0.203 e. The van der Waals surface area contributed by atoms with Gasteiger partial charge in [-0.1, -0.05) is 78.9 Å². The molecule has 0 atom stereocenters. The fraction of sp³-hybridized carbons (Fsp3) is 0. The third-order valence-corrected chi connectivity index (χ3v) is 4.50. The first-order valence-corrected chi connectivity index (χ1v) is 9.33. The lowest BCUT2D eigenvalue weighted by Crippen LogP contribution is -2.34. The molecule has 0 bridgehead atoms. The summed E-state index contributed by atoms with van der Waals surface area (Å²) in [4.78, 5) is 0.